The number of oxazole rings is 1. The third kappa shape index (κ3) is 2.83. The normalized spacial score (nSPS) is 11.0. The number of carbonyl (C=O) groups excluding carboxylic acids is 1. The van der Waals surface area contributed by atoms with Crippen LogP contribution in [0.3, 0.4) is 0 Å². The number of fused-ring (bicyclic) bond motifs is 1. The first-order chi connectivity index (χ1) is 12.5. The molecule has 0 unspecified atom stereocenters. The van der Waals surface area contributed by atoms with E-state index in [-0.39, 0.29) is 11.7 Å². The topological polar surface area (TPSA) is 73.0 Å². The van der Waals surface area contributed by atoms with Crippen LogP contribution in [0.4, 0.5) is 10.1 Å². The number of anilines is 1. The molecule has 2 aromatic carbocycles. The van der Waals surface area contributed by atoms with Gasteiger partial charge in [0.25, 0.3) is 5.91 Å². The van der Waals surface area contributed by atoms with Gasteiger partial charge in [-0.2, -0.15) is 5.10 Å². The van der Waals surface area contributed by atoms with Crippen molar-refractivity contribution in [1.29, 1.82) is 0 Å². The maximum atomic E-state index is 13.1. The molecule has 4 aromatic rings. The number of halogens is 1. The summed E-state index contributed by atoms with van der Waals surface area (Å²) < 4.78 is 20.1. The molecule has 6 nitrogen and oxygen atoms in total. The predicted molar refractivity (Wildman–Crippen MR) is 95.0 cm³/mol. The van der Waals surface area contributed by atoms with E-state index < -0.39 is 0 Å². The SMILES string of the molecule is Cc1nc2cc(NC(=O)c3cnn(-c4ccc(F)cc4)c3C)ccc2o1. The van der Waals surface area contributed by atoms with Crippen LogP contribution in [-0.4, -0.2) is 20.7 Å². The van der Waals surface area contributed by atoms with Crippen LogP contribution in [0, 0.1) is 19.7 Å². The maximum Gasteiger partial charge on any atom is 0.259 e. The van der Waals surface area contributed by atoms with Gasteiger partial charge in [0.1, 0.15) is 11.3 Å². The second kappa shape index (κ2) is 6.11. The molecule has 130 valence electrons. The number of nitrogens with zero attached hydrogens (tertiary/aromatic N) is 3. The van der Waals surface area contributed by atoms with E-state index in [1.54, 1.807) is 48.9 Å². The van der Waals surface area contributed by atoms with E-state index in [9.17, 15) is 9.18 Å². The summed E-state index contributed by atoms with van der Waals surface area (Å²) in [6, 6.07) is 11.2. The highest BCUT2D eigenvalue weighted by molar-refractivity contribution is 6.05. The van der Waals surface area contributed by atoms with Crippen LogP contribution in [-0.2, 0) is 0 Å². The summed E-state index contributed by atoms with van der Waals surface area (Å²) >= 11 is 0. The van der Waals surface area contributed by atoms with Crippen LogP contribution in [0.5, 0.6) is 0 Å². The van der Waals surface area contributed by atoms with Crippen molar-refractivity contribution < 1.29 is 13.6 Å². The molecule has 0 fully saturated rings. The molecule has 0 aliphatic carbocycles. The van der Waals surface area contributed by atoms with Crippen molar-refractivity contribution >= 4 is 22.7 Å². The first-order valence-electron chi connectivity index (χ1n) is 8.00. The van der Waals surface area contributed by atoms with Gasteiger partial charge in [0, 0.05) is 12.6 Å². The molecular weight excluding hydrogens is 335 g/mol. The van der Waals surface area contributed by atoms with Crippen molar-refractivity contribution in [3.63, 3.8) is 0 Å². The van der Waals surface area contributed by atoms with E-state index >= 15 is 0 Å². The Morgan fingerprint density at radius 1 is 1.15 bits per heavy atom. The minimum absolute atomic E-state index is 0.282. The molecule has 0 radical (unpaired) electrons. The number of hydrogen-bond donors (Lipinski definition) is 1. The first kappa shape index (κ1) is 16.0. The van der Waals surface area contributed by atoms with Crippen molar-refractivity contribution in [2.45, 2.75) is 13.8 Å². The second-order valence-electron chi connectivity index (χ2n) is 5.90. The minimum Gasteiger partial charge on any atom is -0.441 e. The standard InChI is InChI=1S/C19H15FN4O2/c1-11-16(10-21-24(11)15-6-3-13(20)4-7-15)19(25)23-14-5-8-18-17(9-14)22-12(2)26-18/h3-10H,1-2H3,(H,23,25). The first-order valence-corrected chi connectivity index (χ1v) is 8.00. The lowest BCUT2D eigenvalue weighted by molar-refractivity contribution is 0.102. The van der Waals surface area contributed by atoms with Crippen molar-refractivity contribution in [2.75, 3.05) is 5.32 Å². The second-order valence-corrected chi connectivity index (χ2v) is 5.90. The van der Waals surface area contributed by atoms with Gasteiger partial charge in [-0.05, 0) is 49.4 Å². The highest BCUT2D eigenvalue weighted by Gasteiger charge is 2.16. The van der Waals surface area contributed by atoms with Gasteiger partial charge in [-0.1, -0.05) is 0 Å². The Morgan fingerprint density at radius 2 is 1.92 bits per heavy atom. The van der Waals surface area contributed by atoms with E-state index in [1.165, 1.54) is 18.3 Å². The van der Waals surface area contributed by atoms with E-state index in [4.69, 9.17) is 4.42 Å². The zero-order chi connectivity index (χ0) is 18.3. The molecule has 0 saturated carbocycles. The highest BCUT2D eigenvalue weighted by atomic mass is 19.1. The monoisotopic (exact) mass is 350 g/mol. The maximum absolute atomic E-state index is 13.1. The quantitative estimate of drug-likeness (QED) is 0.606. The average molecular weight is 350 g/mol. The zero-order valence-electron chi connectivity index (χ0n) is 14.2. The van der Waals surface area contributed by atoms with Crippen LogP contribution in [0.15, 0.2) is 53.1 Å². The minimum atomic E-state index is -0.324. The van der Waals surface area contributed by atoms with Gasteiger partial charge in [0.05, 0.1) is 23.1 Å². The highest BCUT2D eigenvalue weighted by Crippen LogP contribution is 2.21. The van der Waals surface area contributed by atoms with Gasteiger partial charge >= 0.3 is 0 Å². The summed E-state index contributed by atoms with van der Waals surface area (Å²) in [6.07, 6.45) is 1.49. The van der Waals surface area contributed by atoms with Crippen molar-refractivity contribution in [1.82, 2.24) is 14.8 Å². The molecule has 0 spiro atoms. The lowest BCUT2D eigenvalue weighted by Crippen LogP contribution is -2.13. The Hall–Kier alpha value is -3.48. The Kier molecular flexibility index (Phi) is 3.76. The number of benzene rings is 2. The summed E-state index contributed by atoms with van der Waals surface area (Å²) in [5, 5.41) is 7.08. The largest absolute Gasteiger partial charge is 0.441 e. The lowest BCUT2D eigenvalue weighted by Gasteiger charge is -2.06. The number of amides is 1. The molecule has 1 amide bonds. The molecular formula is C19H15FN4O2. The van der Waals surface area contributed by atoms with Crippen LogP contribution in [0.25, 0.3) is 16.8 Å². The summed E-state index contributed by atoms with van der Waals surface area (Å²) in [4.78, 5) is 16.9. The summed E-state index contributed by atoms with van der Waals surface area (Å²) in [6.45, 7) is 3.56. The molecule has 1 N–H and O–H groups in total. The Morgan fingerprint density at radius 3 is 2.69 bits per heavy atom. The third-order valence-electron chi connectivity index (χ3n) is 4.08. The number of aromatic nitrogens is 3. The van der Waals surface area contributed by atoms with Crippen LogP contribution in [0.1, 0.15) is 21.9 Å². The predicted octanol–water partition coefficient (Wildman–Crippen LogP) is 4.02. The van der Waals surface area contributed by atoms with Gasteiger partial charge in [-0.15, -0.1) is 0 Å². The molecule has 0 aliphatic rings. The van der Waals surface area contributed by atoms with Gasteiger partial charge < -0.3 is 9.73 Å². The molecule has 0 saturated heterocycles. The lowest BCUT2D eigenvalue weighted by atomic mass is 10.2. The molecule has 2 heterocycles. The number of carbonyl (C=O) groups is 1. The number of aryl methyl sites for hydroxylation is 1. The molecule has 2 aromatic heterocycles. The third-order valence-corrected chi connectivity index (χ3v) is 4.08. The summed E-state index contributed by atoms with van der Waals surface area (Å²) in [7, 11) is 0. The Bertz CT molecular complexity index is 1110. The number of nitrogens with one attached hydrogen (secondary N) is 1. The van der Waals surface area contributed by atoms with Gasteiger partial charge in [-0.3, -0.25) is 4.79 Å². The smallest absolute Gasteiger partial charge is 0.259 e. The van der Waals surface area contributed by atoms with Gasteiger partial charge in [-0.25, -0.2) is 14.1 Å². The van der Waals surface area contributed by atoms with Gasteiger partial charge in [0.15, 0.2) is 11.5 Å². The molecule has 0 aliphatic heterocycles. The zero-order valence-corrected chi connectivity index (χ0v) is 14.2. The van der Waals surface area contributed by atoms with Crippen LogP contribution in [0.2, 0.25) is 0 Å². The Balaban J connectivity index is 1.60. The average Bonchev–Trinajstić information content (AvgIpc) is 3.17. The van der Waals surface area contributed by atoms with Crippen LogP contribution >= 0.6 is 0 Å². The van der Waals surface area contributed by atoms with E-state index in [2.05, 4.69) is 15.4 Å². The van der Waals surface area contributed by atoms with E-state index in [1.807, 2.05) is 0 Å². The molecule has 4 rings (SSSR count). The number of rotatable bonds is 3. The molecule has 0 bridgehead atoms. The van der Waals surface area contributed by atoms with Crippen molar-refractivity contribution in [3.8, 4) is 5.69 Å². The fourth-order valence-corrected chi connectivity index (χ4v) is 2.79. The fourth-order valence-electron chi connectivity index (χ4n) is 2.79. The van der Waals surface area contributed by atoms with E-state index in [0.29, 0.717) is 39.6 Å². The Labute approximate surface area is 148 Å². The fraction of sp³-hybridized carbons (Fsp3) is 0.105. The molecule has 0 atom stereocenters. The van der Waals surface area contributed by atoms with Crippen molar-refractivity contribution in [3.05, 3.63) is 71.6 Å². The summed E-state index contributed by atoms with van der Waals surface area (Å²) in [5.41, 5.74) is 3.74. The number of hydrogen-bond acceptors (Lipinski definition) is 4. The van der Waals surface area contributed by atoms with E-state index in [0.717, 1.165) is 0 Å². The van der Waals surface area contributed by atoms with Crippen LogP contribution < -0.4 is 5.32 Å². The molecule has 26 heavy (non-hydrogen) atoms. The summed E-state index contributed by atoms with van der Waals surface area (Å²) in [5.74, 6) is -0.0367. The van der Waals surface area contributed by atoms with Gasteiger partial charge in [0.2, 0.25) is 0 Å². The van der Waals surface area contributed by atoms with Crippen molar-refractivity contribution in [2.24, 2.45) is 0 Å². The molecule has 7 heteroatoms.